The van der Waals surface area contributed by atoms with Crippen LogP contribution in [0.3, 0.4) is 0 Å². The third-order valence-corrected chi connectivity index (χ3v) is 8.48. The lowest BCUT2D eigenvalue weighted by atomic mass is 10.2. The molecule has 1 aliphatic rings. The van der Waals surface area contributed by atoms with Gasteiger partial charge in [-0.25, -0.2) is 8.42 Å². The highest BCUT2D eigenvalue weighted by molar-refractivity contribution is 7.89. The number of hydrogen-bond donors (Lipinski definition) is 0. The number of rotatable bonds is 7. The number of para-hydroxylation sites is 1. The first-order valence-corrected chi connectivity index (χ1v) is 13.1. The zero-order valence-corrected chi connectivity index (χ0v) is 19.7. The normalized spacial score (nSPS) is 16.0. The molecule has 0 N–H and O–H groups in total. The number of thiazole rings is 1. The molecule has 4 rings (SSSR count). The second kappa shape index (κ2) is 10.1. The molecule has 7 nitrogen and oxygen atoms in total. The molecule has 1 saturated heterocycles. The summed E-state index contributed by atoms with van der Waals surface area (Å²) in [6.45, 7) is 4.79. The molecule has 1 aliphatic heterocycles. The highest BCUT2D eigenvalue weighted by Gasteiger charge is 2.26. The molecule has 2 aromatic carbocycles. The fraction of sp³-hybridized carbons (Fsp3) is 0.391. The van der Waals surface area contributed by atoms with Crippen LogP contribution in [0.15, 0.2) is 58.4 Å². The summed E-state index contributed by atoms with van der Waals surface area (Å²) in [4.78, 5) is 18.0. The van der Waals surface area contributed by atoms with Gasteiger partial charge in [0.15, 0.2) is 4.80 Å². The molecule has 1 amide bonds. The Morgan fingerprint density at radius 2 is 1.78 bits per heavy atom. The topological polar surface area (TPSA) is 81.0 Å². The number of carbonyl (C=O) groups excluding carboxylic acids is 1. The van der Waals surface area contributed by atoms with Crippen molar-refractivity contribution in [1.29, 1.82) is 0 Å². The van der Waals surface area contributed by atoms with Crippen molar-refractivity contribution in [2.24, 2.45) is 4.99 Å². The molecule has 1 aromatic heterocycles. The molecule has 3 aromatic rings. The lowest BCUT2D eigenvalue weighted by Crippen LogP contribution is -2.35. The fourth-order valence-electron chi connectivity index (χ4n) is 3.80. The van der Waals surface area contributed by atoms with Crippen molar-refractivity contribution in [3.8, 4) is 0 Å². The Kier molecular flexibility index (Phi) is 7.20. The lowest BCUT2D eigenvalue weighted by molar-refractivity contribution is 0.0996. The van der Waals surface area contributed by atoms with Gasteiger partial charge in [-0.2, -0.15) is 9.30 Å². The highest BCUT2D eigenvalue weighted by Crippen LogP contribution is 2.21. The SMILES string of the molecule is CCOCCn1c(=NC(=O)c2ccc(S(=O)(=O)N3CCCCC3)cc2)sc2ccccc21. The number of amides is 1. The van der Waals surface area contributed by atoms with E-state index < -0.39 is 15.9 Å². The van der Waals surface area contributed by atoms with Gasteiger partial charge in [0.2, 0.25) is 10.0 Å². The quantitative estimate of drug-likeness (QED) is 0.491. The summed E-state index contributed by atoms with van der Waals surface area (Å²) in [5.41, 5.74) is 1.36. The third kappa shape index (κ3) is 4.85. The van der Waals surface area contributed by atoms with E-state index in [1.165, 1.54) is 27.8 Å². The number of ether oxygens (including phenoxy) is 1. The van der Waals surface area contributed by atoms with E-state index in [0.717, 1.165) is 29.5 Å². The first-order valence-electron chi connectivity index (χ1n) is 10.9. The molecule has 2 heterocycles. The second-order valence-corrected chi connectivity index (χ2v) is 10.6. The van der Waals surface area contributed by atoms with Crippen LogP contribution in [-0.2, 0) is 21.3 Å². The summed E-state index contributed by atoms with van der Waals surface area (Å²) in [6.07, 6.45) is 2.82. The van der Waals surface area contributed by atoms with Crippen molar-refractivity contribution in [2.45, 2.75) is 37.6 Å². The van der Waals surface area contributed by atoms with Crippen molar-refractivity contribution < 1.29 is 17.9 Å². The zero-order chi connectivity index (χ0) is 22.6. The Balaban J connectivity index is 1.61. The van der Waals surface area contributed by atoms with Gasteiger partial charge in [-0.15, -0.1) is 0 Å². The molecule has 0 atom stereocenters. The number of benzene rings is 2. The largest absolute Gasteiger partial charge is 0.380 e. The van der Waals surface area contributed by atoms with Gasteiger partial charge in [0, 0.05) is 31.8 Å². The molecular weight excluding hydrogens is 446 g/mol. The van der Waals surface area contributed by atoms with Gasteiger partial charge < -0.3 is 9.30 Å². The van der Waals surface area contributed by atoms with Gasteiger partial charge in [-0.1, -0.05) is 29.9 Å². The molecule has 0 spiro atoms. The minimum Gasteiger partial charge on any atom is -0.380 e. The molecule has 0 aliphatic carbocycles. The minimum absolute atomic E-state index is 0.213. The van der Waals surface area contributed by atoms with Gasteiger partial charge in [0.1, 0.15) is 0 Å². The first kappa shape index (κ1) is 22.8. The summed E-state index contributed by atoms with van der Waals surface area (Å²) in [7, 11) is -3.52. The Morgan fingerprint density at radius 3 is 2.50 bits per heavy atom. The van der Waals surface area contributed by atoms with Crippen LogP contribution in [0.25, 0.3) is 10.2 Å². The molecule has 0 unspecified atom stereocenters. The van der Waals surface area contributed by atoms with E-state index >= 15 is 0 Å². The van der Waals surface area contributed by atoms with Crippen molar-refractivity contribution in [2.75, 3.05) is 26.3 Å². The van der Waals surface area contributed by atoms with Crippen LogP contribution in [0.2, 0.25) is 0 Å². The van der Waals surface area contributed by atoms with Crippen LogP contribution in [0, 0.1) is 0 Å². The van der Waals surface area contributed by atoms with Gasteiger partial charge in [0.05, 0.1) is 21.7 Å². The van der Waals surface area contributed by atoms with Crippen molar-refractivity contribution >= 4 is 37.5 Å². The van der Waals surface area contributed by atoms with Crippen molar-refractivity contribution in [3.63, 3.8) is 0 Å². The highest BCUT2D eigenvalue weighted by atomic mass is 32.2. The van der Waals surface area contributed by atoms with E-state index in [4.69, 9.17) is 4.74 Å². The molecule has 0 bridgehead atoms. The Bertz CT molecular complexity index is 1250. The van der Waals surface area contributed by atoms with Crippen LogP contribution >= 0.6 is 11.3 Å². The number of nitrogens with zero attached hydrogens (tertiary/aromatic N) is 3. The van der Waals surface area contributed by atoms with Crippen molar-refractivity contribution in [1.82, 2.24) is 8.87 Å². The maximum Gasteiger partial charge on any atom is 0.279 e. The van der Waals surface area contributed by atoms with Gasteiger partial charge >= 0.3 is 0 Å². The molecular formula is C23H27N3O4S2. The molecule has 0 radical (unpaired) electrons. The fourth-order valence-corrected chi connectivity index (χ4v) is 6.37. The van der Waals surface area contributed by atoms with Gasteiger partial charge in [-0.05, 0) is 56.2 Å². The van der Waals surface area contributed by atoms with E-state index in [2.05, 4.69) is 4.99 Å². The van der Waals surface area contributed by atoms with E-state index in [1.807, 2.05) is 35.8 Å². The molecule has 9 heteroatoms. The standard InChI is InChI=1S/C23H27N3O4S2/c1-2-30-17-16-26-20-8-4-5-9-21(20)31-23(26)24-22(27)18-10-12-19(13-11-18)32(28,29)25-14-6-3-7-15-25/h4-5,8-13H,2-3,6-7,14-17H2,1H3. The summed E-state index contributed by atoms with van der Waals surface area (Å²) >= 11 is 1.45. The van der Waals surface area contributed by atoms with Crippen LogP contribution in [0.5, 0.6) is 0 Å². The number of piperidine rings is 1. The van der Waals surface area contributed by atoms with Crippen LogP contribution in [0.4, 0.5) is 0 Å². The number of fused-ring (bicyclic) bond motifs is 1. The van der Waals surface area contributed by atoms with Crippen LogP contribution in [-0.4, -0.2) is 49.5 Å². The molecule has 0 saturated carbocycles. The predicted octanol–water partition coefficient (Wildman–Crippen LogP) is 3.66. The maximum atomic E-state index is 12.9. The summed E-state index contributed by atoms with van der Waals surface area (Å²) < 4.78 is 35.7. The van der Waals surface area contributed by atoms with Crippen LogP contribution < -0.4 is 4.80 Å². The maximum absolute atomic E-state index is 12.9. The number of aromatic nitrogens is 1. The monoisotopic (exact) mass is 473 g/mol. The number of sulfonamides is 1. The minimum atomic E-state index is -3.52. The first-order chi connectivity index (χ1) is 15.5. The average Bonchev–Trinajstić information content (AvgIpc) is 3.17. The molecule has 32 heavy (non-hydrogen) atoms. The molecule has 170 valence electrons. The van der Waals surface area contributed by atoms with E-state index in [0.29, 0.717) is 43.2 Å². The van der Waals surface area contributed by atoms with Gasteiger partial charge in [0.25, 0.3) is 5.91 Å². The van der Waals surface area contributed by atoms with Crippen molar-refractivity contribution in [3.05, 3.63) is 58.9 Å². The number of hydrogen-bond acceptors (Lipinski definition) is 5. The van der Waals surface area contributed by atoms with E-state index in [9.17, 15) is 13.2 Å². The van der Waals surface area contributed by atoms with E-state index in [-0.39, 0.29) is 4.90 Å². The third-order valence-electron chi connectivity index (χ3n) is 5.50. The Morgan fingerprint density at radius 1 is 1.06 bits per heavy atom. The number of carbonyl (C=O) groups is 1. The van der Waals surface area contributed by atoms with Crippen LogP contribution in [0.1, 0.15) is 36.5 Å². The second-order valence-electron chi connectivity index (χ2n) is 7.61. The van der Waals surface area contributed by atoms with Gasteiger partial charge in [-0.3, -0.25) is 4.79 Å². The smallest absolute Gasteiger partial charge is 0.279 e. The Hall–Kier alpha value is -2.33. The Labute approximate surface area is 192 Å². The zero-order valence-electron chi connectivity index (χ0n) is 18.1. The summed E-state index contributed by atoms with van der Waals surface area (Å²) in [5, 5.41) is 0. The summed E-state index contributed by atoms with van der Waals surface area (Å²) in [5.74, 6) is -0.399. The molecule has 1 fully saturated rings. The van der Waals surface area contributed by atoms with E-state index in [1.54, 1.807) is 12.1 Å². The lowest BCUT2D eigenvalue weighted by Gasteiger charge is -2.25. The summed E-state index contributed by atoms with van der Waals surface area (Å²) in [6, 6.07) is 14.0. The average molecular weight is 474 g/mol. The predicted molar refractivity (Wildman–Crippen MR) is 125 cm³/mol.